The number of halogens is 1. The van der Waals surface area contributed by atoms with E-state index in [4.69, 9.17) is 16.3 Å². The number of benzene rings is 1. The van der Waals surface area contributed by atoms with E-state index in [1.54, 1.807) is 11.8 Å². The molecular formula is C14H17ClO3S. The normalized spacial score (nSPS) is 16.2. The molecule has 0 atom stereocenters. The quantitative estimate of drug-likeness (QED) is 0.647. The fourth-order valence-electron chi connectivity index (χ4n) is 1.99. The summed E-state index contributed by atoms with van der Waals surface area (Å²) in [6.07, 6.45) is 2.57. The van der Waals surface area contributed by atoms with Gasteiger partial charge in [-0.3, -0.25) is 4.79 Å². The molecule has 0 heterocycles. The van der Waals surface area contributed by atoms with E-state index < -0.39 is 0 Å². The maximum atomic E-state index is 11.4. The van der Waals surface area contributed by atoms with Gasteiger partial charge in [0, 0.05) is 10.6 Å². The van der Waals surface area contributed by atoms with Crippen molar-refractivity contribution in [2.75, 3.05) is 12.9 Å². The van der Waals surface area contributed by atoms with Crippen molar-refractivity contribution in [3.05, 3.63) is 28.8 Å². The second-order valence-corrected chi connectivity index (χ2v) is 6.32. The zero-order valence-electron chi connectivity index (χ0n) is 10.8. The second-order valence-electron chi connectivity index (χ2n) is 4.93. The van der Waals surface area contributed by atoms with E-state index in [0.29, 0.717) is 11.4 Å². The Labute approximate surface area is 122 Å². The van der Waals surface area contributed by atoms with E-state index in [1.165, 1.54) is 7.11 Å². The Bertz CT molecular complexity index is 472. The maximum absolute atomic E-state index is 11.4. The number of hydrogen-bond donors (Lipinski definition) is 1. The molecular weight excluding hydrogens is 284 g/mol. The van der Waals surface area contributed by atoms with E-state index in [2.05, 4.69) is 0 Å². The molecule has 0 amide bonds. The van der Waals surface area contributed by atoms with Crippen LogP contribution in [0.3, 0.4) is 0 Å². The summed E-state index contributed by atoms with van der Waals surface area (Å²) in [5.74, 6) is 0.679. The van der Waals surface area contributed by atoms with Crippen molar-refractivity contribution in [1.29, 1.82) is 0 Å². The number of aliphatic hydroxyl groups excluding tert-OH is 1. The van der Waals surface area contributed by atoms with Gasteiger partial charge in [-0.05, 0) is 29.9 Å². The number of carbonyl (C=O) groups excluding carboxylic acids is 1. The molecule has 0 spiro atoms. The first-order valence-electron chi connectivity index (χ1n) is 6.18. The molecule has 0 bridgehead atoms. The molecule has 1 aromatic carbocycles. The van der Waals surface area contributed by atoms with E-state index in [0.717, 1.165) is 29.1 Å². The van der Waals surface area contributed by atoms with Gasteiger partial charge in [-0.25, -0.2) is 0 Å². The van der Waals surface area contributed by atoms with Gasteiger partial charge in [0.2, 0.25) is 0 Å². The first-order valence-corrected chi connectivity index (χ1v) is 7.54. The van der Waals surface area contributed by atoms with E-state index in [9.17, 15) is 9.90 Å². The van der Waals surface area contributed by atoms with Crippen molar-refractivity contribution in [1.82, 2.24) is 0 Å². The number of aliphatic hydroxyl groups is 1. The standard InChI is InChI=1S/C14H17ClO3S/c1-18-12(17)7-14(5-6-14)9-19-13-10(8-16)3-2-4-11(13)15/h2-4,16H,5-9H2,1H3. The predicted molar refractivity (Wildman–Crippen MR) is 76.4 cm³/mol. The zero-order chi connectivity index (χ0) is 13.9. The highest BCUT2D eigenvalue weighted by Crippen LogP contribution is 2.52. The third-order valence-corrected chi connectivity index (χ3v) is 5.40. The molecule has 1 aromatic rings. The number of methoxy groups -OCH3 is 1. The van der Waals surface area contributed by atoms with Crippen LogP contribution in [0.15, 0.2) is 23.1 Å². The number of thioether (sulfide) groups is 1. The number of esters is 1. The Morgan fingerprint density at radius 3 is 2.84 bits per heavy atom. The van der Waals surface area contributed by atoms with Gasteiger partial charge in [-0.2, -0.15) is 0 Å². The molecule has 1 N–H and O–H groups in total. The Balaban J connectivity index is 2.01. The number of ether oxygens (including phenoxy) is 1. The molecule has 1 aliphatic carbocycles. The predicted octanol–water partition coefficient (Wildman–Crippen LogP) is 3.27. The average Bonchev–Trinajstić information content (AvgIpc) is 3.17. The minimum absolute atomic E-state index is 0.0209. The Hall–Kier alpha value is -0.710. The van der Waals surface area contributed by atoms with Crippen LogP contribution in [-0.4, -0.2) is 23.9 Å². The molecule has 5 heteroatoms. The third-order valence-electron chi connectivity index (χ3n) is 3.45. The van der Waals surface area contributed by atoms with Gasteiger partial charge in [0.05, 0.1) is 25.2 Å². The van der Waals surface area contributed by atoms with E-state index in [-0.39, 0.29) is 18.0 Å². The first kappa shape index (κ1) is 14.7. The van der Waals surface area contributed by atoms with Crippen LogP contribution in [0.5, 0.6) is 0 Å². The summed E-state index contributed by atoms with van der Waals surface area (Å²) in [7, 11) is 1.42. The van der Waals surface area contributed by atoms with Crippen LogP contribution in [0.1, 0.15) is 24.8 Å². The Morgan fingerprint density at radius 1 is 1.53 bits per heavy atom. The monoisotopic (exact) mass is 300 g/mol. The minimum Gasteiger partial charge on any atom is -0.469 e. The summed E-state index contributed by atoms with van der Waals surface area (Å²) in [6.45, 7) is -0.0209. The highest BCUT2D eigenvalue weighted by molar-refractivity contribution is 7.99. The van der Waals surface area contributed by atoms with E-state index in [1.807, 2.05) is 18.2 Å². The third kappa shape index (κ3) is 3.65. The van der Waals surface area contributed by atoms with Crippen molar-refractivity contribution in [2.24, 2.45) is 5.41 Å². The van der Waals surface area contributed by atoms with Gasteiger partial charge in [0.1, 0.15) is 0 Å². The van der Waals surface area contributed by atoms with Crippen molar-refractivity contribution in [3.63, 3.8) is 0 Å². The molecule has 3 nitrogen and oxygen atoms in total. The van der Waals surface area contributed by atoms with Crippen LogP contribution < -0.4 is 0 Å². The number of carbonyl (C=O) groups is 1. The highest BCUT2D eigenvalue weighted by atomic mass is 35.5. The van der Waals surface area contributed by atoms with Gasteiger partial charge < -0.3 is 9.84 Å². The van der Waals surface area contributed by atoms with Crippen molar-refractivity contribution in [2.45, 2.75) is 30.8 Å². The van der Waals surface area contributed by atoms with E-state index >= 15 is 0 Å². The molecule has 0 saturated heterocycles. The van der Waals surface area contributed by atoms with Crippen molar-refractivity contribution in [3.8, 4) is 0 Å². The summed E-state index contributed by atoms with van der Waals surface area (Å²) in [4.78, 5) is 12.3. The van der Waals surface area contributed by atoms with Crippen LogP contribution in [0.2, 0.25) is 5.02 Å². The largest absolute Gasteiger partial charge is 0.469 e. The lowest BCUT2D eigenvalue weighted by atomic mass is 10.1. The smallest absolute Gasteiger partial charge is 0.306 e. The minimum atomic E-state index is -0.153. The summed E-state index contributed by atoms with van der Waals surface area (Å²) in [6, 6.07) is 5.52. The van der Waals surface area contributed by atoms with Crippen molar-refractivity contribution >= 4 is 29.3 Å². The molecule has 0 aromatic heterocycles. The SMILES string of the molecule is COC(=O)CC1(CSc2c(Cl)cccc2CO)CC1. The highest BCUT2D eigenvalue weighted by Gasteiger charge is 2.44. The molecule has 0 radical (unpaired) electrons. The van der Waals surface area contributed by atoms with Crippen LogP contribution >= 0.6 is 23.4 Å². The van der Waals surface area contributed by atoms with Crippen LogP contribution in [0, 0.1) is 5.41 Å². The molecule has 19 heavy (non-hydrogen) atoms. The molecule has 0 unspecified atom stereocenters. The van der Waals surface area contributed by atoms with Crippen LogP contribution in [-0.2, 0) is 16.1 Å². The fourth-order valence-corrected chi connectivity index (χ4v) is 3.72. The van der Waals surface area contributed by atoms with Crippen LogP contribution in [0.4, 0.5) is 0 Å². The molecule has 104 valence electrons. The lowest BCUT2D eigenvalue weighted by Crippen LogP contribution is -2.13. The first-order chi connectivity index (χ1) is 9.10. The van der Waals surface area contributed by atoms with Gasteiger partial charge in [0.15, 0.2) is 0 Å². The lowest BCUT2D eigenvalue weighted by Gasteiger charge is -2.15. The molecule has 1 fully saturated rings. The van der Waals surface area contributed by atoms with Crippen molar-refractivity contribution < 1.29 is 14.6 Å². The van der Waals surface area contributed by atoms with Gasteiger partial charge in [0.25, 0.3) is 0 Å². The number of hydrogen-bond acceptors (Lipinski definition) is 4. The second kappa shape index (κ2) is 6.16. The molecule has 2 rings (SSSR count). The average molecular weight is 301 g/mol. The van der Waals surface area contributed by atoms with Crippen LogP contribution in [0.25, 0.3) is 0 Å². The lowest BCUT2D eigenvalue weighted by molar-refractivity contribution is -0.141. The molecule has 1 aliphatic rings. The summed E-state index contributed by atoms with van der Waals surface area (Å²) in [5, 5.41) is 9.98. The summed E-state index contributed by atoms with van der Waals surface area (Å²) in [5.41, 5.74) is 0.898. The molecule has 0 aliphatic heterocycles. The number of rotatable bonds is 6. The summed E-state index contributed by atoms with van der Waals surface area (Å²) >= 11 is 7.79. The molecule has 1 saturated carbocycles. The Morgan fingerprint density at radius 2 is 2.26 bits per heavy atom. The fraction of sp³-hybridized carbons (Fsp3) is 0.500. The van der Waals surface area contributed by atoms with Gasteiger partial charge in [-0.1, -0.05) is 23.7 Å². The Kier molecular flexibility index (Phi) is 4.76. The topological polar surface area (TPSA) is 46.5 Å². The van der Waals surface area contributed by atoms with Gasteiger partial charge >= 0.3 is 5.97 Å². The zero-order valence-corrected chi connectivity index (χ0v) is 12.4. The van der Waals surface area contributed by atoms with Gasteiger partial charge in [-0.15, -0.1) is 11.8 Å². The summed E-state index contributed by atoms with van der Waals surface area (Å²) < 4.78 is 4.73. The maximum Gasteiger partial charge on any atom is 0.306 e.